The maximum absolute atomic E-state index is 13.0. The number of benzene rings is 1. The van der Waals surface area contributed by atoms with Crippen molar-refractivity contribution in [3.63, 3.8) is 0 Å². The minimum Gasteiger partial charge on any atom is -0.356 e. The van der Waals surface area contributed by atoms with E-state index in [4.69, 9.17) is 0 Å². The van der Waals surface area contributed by atoms with Gasteiger partial charge in [0, 0.05) is 19.6 Å². The van der Waals surface area contributed by atoms with Gasteiger partial charge in [-0.15, -0.1) is 0 Å². The van der Waals surface area contributed by atoms with Gasteiger partial charge in [0.25, 0.3) is 0 Å². The Morgan fingerprint density at radius 2 is 2.05 bits per heavy atom. The molecule has 1 fully saturated rings. The van der Waals surface area contributed by atoms with E-state index in [0.29, 0.717) is 25.2 Å². The SMILES string of the molecule is CS(=O)(=O)N1CCC(CNC(=O)Cc2cccc(F)c2)CC1. The molecule has 0 radical (unpaired) electrons. The highest BCUT2D eigenvalue weighted by atomic mass is 32.2. The molecule has 0 spiro atoms. The molecule has 1 amide bonds. The highest BCUT2D eigenvalue weighted by molar-refractivity contribution is 7.88. The fraction of sp³-hybridized carbons (Fsp3) is 0.533. The number of hydrogen-bond donors (Lipinski definition) is 1. The standard InChI is InChI=1S/C15H21FN2O3S/c1-22(20,21)18-7-5-12(6-8-18)11-17-15(19)10-13-3-2-4-14(16)9-13/h2-4,9,12H,5-8,10-11H2,1H3,(H,17,19). The number of sulfonamides is 1. The number of nitrogens with one attached hydrogen (secondary N) is 1. The van der Waals surface area contributed by atoms with E-state index < -0.39 is 10.0 Å². The minimum absolute atomic E-state index is 0.142. The number of hydrogen-bond acceptors (Lipinski definition) is 3. The molecule has 0 aromatic heterocycles. The molecule has 5 nitrogen and oxygen atoms in total. The number of nitrogens with zero attached hydrogens (tertiary/aromatic N) is 1. The number of carbonyl (C=O) groups is 1. The third kappa shape index (κ3) is 5.06. The van der Waals surface area contributed by atoms with Crippen molar-refractivity contribution in [2.45, 2.75) is 19.3 Å². The molecule has 1 heterocycles. The Hall–Kier alpha value is -1.47. The number of rotatable bonds is 5. The molecule has 1 aromatic rings. The Balaban J connectivity index is 1.74. The van der Waals surface area contributed by atoms with Gasteiger partial charge in [0.2, 0.25) is 15.9 Å². The first-order valence-electron chi connectivity index (χ1n) is 7.31. The summed E-state index contributed by atoms with van der Waals surface area (Å²) in [5, 5.41) is 2.84. The normalized spacial score (nSPS) is 17.4. The van der Waals surface area contributed by atoms with Crippen LogP contribution in [0.15, 0.2) is 24.3 Å². The number of halogens is 1. The van der Waals surface area contributed by atoms with Crippen LogP contribution in [0.2, 0.25) is 0 Å². The van der Waals surface area contributed by atoms with Gasteiger partial charge in [-0.05, 0) is 36.5 Å². The van der Waals surface area contributed by atoms with Crippen molar-refractivity contribution in [3.05, 3.63) is 35.6 Å². The number of piperidine rings is 1. The maximum atomic E-state index is 13.0. The van der Waals surface area contributed by atoms with Crippen LogP contribution < -0.4 is 5.32 Å². The summed E-state index contributed by atoms with van der Waals surface area (Å²) in [4.78, 5) is 11.9. The minimum atomic E-state index is -3.11. The largest absolute Gasteiger partial charge is 0.356 e. The van der Waals surface area contributed by atoms with Crippen LogP contribution in [0.5, 0.6) is 0 Å². The van der Waals surface area contributed by atoms with E-state index in [2.05, 4.69) is 5.32 Å². The summed E-state index contributed by atoms with van der Waals surface area (Å²) < 4.78 is 37.3. The lowest BCUT2D eigenvalue weighted by Crippen LogP contribution is -2.41. The molecule has 1 N–H and O–H groups in total. The topological polar surface area (TPSA) is 66.5 Å². The molecule has 0 saturated carbocycles. The summed E-state index contributed by atoms with van der Waals surface area (Å²) >= 11 is 0. The Morgan fingerprint density at radius 1 is 1.36 bits per heavy atom. The van der Waals surface area contributed by atoms with Gasteiger partial charge in [-0.25, -0.2) is 17.1 Å². The molecular formula is C15H21FN2O3S. The van der Waals surface area contributed by atoms with Crippen LogP contribution in [0.1, 0.15) is 18.4 Å². The lowest BCUT2D eigenvalue weighted by Gasteiger charge is -2.30. The zero-order valence-electron chi connectivity index (χ0n) is 12.6. The van der Waals surface area contributed by atoms with Gasteiger partial charge >= 0.3 is 0 Å². The van der Waals surface area contributed by atoms with Crippen molar-refractivity contribution in [2.75, 3.05) is 25.9 Å². The zero-order chi connectivity index (χ0) is 16.2. The third-order valence-electron chi connectivity index (χ3n) is 3.88. The Labute approximate surface area is 130 Å². The molecule has 1 aliphatic rings. The zero-order valence-corrected chi connectivity index (χ0v) is 13.4. The first kappa shape index (κ1) is 16.9. The van der Waals surface area contributed by atoms with E-state index in [1.807, 2.05) is 0 Å². The molecular weight excluding hydrogens is 307 g/mol. The molecule has 1 saturated heterocycles. The fourth-order valence-electron chi connectivity index (χ4n) is 2.60. The van der Waals surface area contributed by atoms with Gasteiger partial charge in [0.15, 0.2) is 0 Å². The molecule has 122 valence electrons. The second kappa shape index (κ2) is 7.19. The molecule has 0 bridgehead atoms. The lowest BCUT2D eigenvalue weighted by atomic mass is 9.98. The summed E-state index contributed by atoms with van der Waals surface area (Å²) in [6.07, 6.45) is 2.86. The smallest absolute Gasteiger partial charge is 0.224 e. The van der Waals surface area contributed by atoms with Crippen molar-refractivity contribution in [2.24, 2.45) is 5.92 Å². The molecule has 2 rings (SSSR count). The van der Waals surface area contributed by atoms with Gasteiger partial charge in [-0.2, -0.15) is 0 Å². The van der Waals surface area contributed by atoms with E-state index in [1.54, 1.807) is 12.1 Å². The van der Waals surface area contributed by atoms with E-state index in [1.165, 1.54) is 22.7 Å². The van der Waals surface area contributed by atoms with E-state index in [0.717, 1.165) is 12.8 Å². The summed E-state index contributed by atoms with van der Waals surface area (Å²) in [6.45, 7) is 1.54. The van der Waals surface area contributed by atoms with Crippen LogP contribution in [-0.2, 0) is 21.2 Å². The Kier molecular flexibility index (Phi) is 5.52. The highest BCUT2D eigenvalue weighted by Gasteiger charge is 2.24. The van der Waals surface area contributed by atoms with Crippen LogP contribution in [0, 0.1) is 11.7 Å². The fourth-order valence-corrected chi connectivity index (χ4v) is 3.47. The first-order chi connectivity index (χ1) is 10.3. The van der Waals surface area contributed by atoms with Gasteiger partial charge < -0.3 is 5.32 Å². The van der Waals surface area contributed by atoms with Crippen LogP contribution >= 0.6 is 0 Å². The maximum Gasteiger partial charge on any atom is 0.224 e. The van der Waals surface area contributed by atoms with Crippen molar-refractivity contribution < 1.29 is 17.6 Å². The quantitative estimate of drug-likeness (QED) is 0.882. The second-order valence-electron chi connectivity index (χ2n) is 5.72. The van der Waals surface area contributed by atoms with Crippen molar-refractivity contribution in [1.82, 2.24) is 9.62 Å². The average molecular weight is 328 g/mol. The van der Waals surface area contributed by atoms with Crippen molar-refractivity contribution in [1.29, 1.82) is 0 Å². The monoisotopic (exact) mass is 328 g/mol. The lowest BCUT2D eigenvalue weighted by molar-refractivity contribution is -0.120. The summed E-state index contributed by atoms with van der Waals surface area (Å²) in [5.74, 6) is -0.205. The Morgan fingerprint density at radius 3 is 2.64 bits per heavy atom. The summed E-state index contributed by atoms with van der Waals surface area (Å²) in [7, 11) is -3.11. The van der Waals surface area contributed by atoms with Gasteiger partial charge in [0.1, 0.15) is 5.82 Å². The molecule has 0 atom stereocenters. The van der Waals surface area contributed by atoms with E-state index in [9.17, 15) is 17.6 Å². The number of amides is 1. The molecule has 7 heteroatoms. The highest BCUT2D eigenvalue weighted by Crippen LogP contribution is 2.18. The van der Waals surface area contributed by atoms with Gasteiger partial charge in [-0.1, -0.05) is 12.1 Å². The van der Waals surface area contributed by atoms with Crippen LogP contribution in [0.3, 0.4) is 0 Å². The molecule has 1 aliphatic heterocycles. The van der Waals surface area contributed by atoms with E-state index in [-0.39, 0.29) is 24.1 Å². The summed E-state index contributed by atoms with van der Waals surface area (Å²) in [6, 6.07) is 5.99. The number of carbonyl (C=O) groups excluding carboxylic acids is 1. The Bertz CT molecular complexity index is 625. The molecule has 22 heavy (non-hydrogen) atoms. The third-order valence-corrected chi connectivity index (χ3v) is 5.19. The van der Waals surface area contributed by atoms with Crippen molar-refractivity contribution >= 4 is 15.9 Å². The average Bonchev–Trinajstić information content (AvgIpc) is 2.45. The predicted molar refractivity (Wildman–Crippen MR) is 82.3 cm³/mol. The van der Waals surface area contributed by atoms with Crippen LogP contribution in [-0.4, -0.2) is 44.5 Å². The summed E-state index contributed by atoms with van der Waals surface area (Å²) in [5.41, 5.74) is 0.643. The van der Waals surface area contributed by atoms with Crippen molar-refractivity contribution in [3.8, 4) is 0 Å². The second-order valence-corrected chi connectivity index (χ2v) is 7.70. The van der Waals surface area contributed by atoms with Crippen LogP contribution in [0.25, 0.3) is 0 Å². The molecule has 1 aromatic carbocycles. The van der Waals surface area contributed by atoms with E-state index >= 15 is 0 Å². The van der Waals surface area contributed by atoms with Crippen LogP contribution in [0.4, 0.5) is 4.39 Å². The first-order valence-corrected chi connectivity index (χ1v) is 9.15. The predicted octanol–water partition coefficient (Wildman–Crippen LogP) is 1.16. The van der Waals surface area contributed by atoms with Gasteiger partial charge in [0.05, 0.1) is 12.7 Å². The molecule has 0 aliphatic carbocycles. The van der Waals surface area contributed by atoms with Gasteiger partial charge in [-0.3, -0.25) is 4.79 Å². The molecule has 0 unspecified atom stereocenters.